The second kappa shape index (κ2) is 7.07. The molecule has 2 N–H and O–H groups in total. The molecule has 0 saturated carbocycles. The standard InChI is InChI=1S/C20H17F2NO3/c1-2-11-3-6-18-14(7-11)16(10-23-18)15(20(25)26)9-19(24)13-5-4-12(21)8-17(13)22/h3-8,10,15,23H,2,9H2,1H3,(H,25,26). The van der Waals surface area contributed by atoms with E-state index in [2.05, 4.69) is 4.98 Å². The van der Waals surface area contributed by atoms with E-state index in [-0.39, 0.29) is 5.56 Å². The summed E-state index contributed by atoms with van der Waals surface area (Å²) in [7, 11) is 0. The Hall–Kier alpha value is -3.02. The Morgan fingerprint density at radius 1 is 1.15 bits per heavy atom. The minimum atomic E-state index is -1.18. The average molecular weight is 357 g/mol. The zero-order valence-corrected chi connectivity index (χ0v) is 14.1. The van der Waals surface area contributed by atoms with Gasteiger partial charge in [-0.3, -0.25) is 9.59 Å². The summed E-state index contributed by atoms with van der Waals surface area (Å²) in [6, 6.07) is 8.32. The van der Waals surface area contributed by atoms with Crippen LogP contribution in [-0.2, 0) is 11.2 Å². The second-order valence-corrected chi connectivity index (χ2v) is 6.12. The zero-order valence-electron chi connectivity index (χ0n) is 14.1. The van der Waals surface area contributed by atoms with E-state index in [4.69, 9.17) is 0 Å². The number of halogens is 2. The van der Waals surface area contributed by atoms with E-state index >= 15 is 0 Å². The van der Waals surface area contributed by atoms with Crippen molar-refractivity contribution in [2.75, 3.05) is 0 Å². The fourth-order valence-corrected chi connectivity index (χ4v) is 3.04. The van der Waals surface area contributed by atoms with Gasteiger partial charge in [0.05, 0.1) is 11.5 Å². The van der Waals surface area contributed by atoms with Crippen LogP contribution >= 0.6 is 0 Å². The summed E-state index contributed by atoms with van der Waals surface area (Å²) < 4.78 is 26.9. The third-order valence-electron chi connectivity index (χ3n) is 4.48. The molecule has 0 radical (unpaired) electrons. The number of aromatic amines is 1. The molecule has 0 fully saturated rings. The van der Waals surface area contributed by atoms with Crippen molar-refractivity contribution in [1.29, 1.82) is 0 Å². The fourth-order valence-electron chi connectivity index (χ4n) is 3.04. The third kappa shape index (κ3) is 3.35. The SMILES string of the molecule is CCc1ccc2[nH]cc(C(CC(=O)c3ccc(F)cc3F)C(=O)O)c2c1. The van der Waals surface area contributed by atoms with Gasteiger partial charge in [-0.25, -0.2) is 8.78 Å². The molecule has 0 aliphatic heterocycles. The highest BCUT2D eigenvalue weighted by Crippen LogP contribution is 2.30. The van der Waals surface area contributed by atoms with Crippen LogP contribution in [0.1, 0.15) is 40.7 Å². The molecule has 1 heterocycles. The predicted molar refractivity (Wildman–Crippen MR) is 93.4 cm³/mol. The van der Waals surface area contributed by atoms with Crippen LogP contribution in [0.2, 0.25) is 0 Å². The van der Waals surface area contributed by atoms with Crippen molar-refractivity contribution in [3.05, 3.63) is 70.9 Å². The molecular weight excluding hydrogens is 340 g/mol. The number of carbonyl (C=O) groups excluding carboxylic acids is 1. The van der Waals surface area contributed by atoms with Crippen LogP contribution in [0, 0.1) is 11.6 Å². The van der Waals surface area contributed by atoms with Crippen molar-refractivity contribution < 1.29 is 23.5 Å². The summed E-state index contributed by atoms with van der Waals surface area (Å²) in [5, 5.41) is 10.3. The van der Waals surface area contributed by atoms with Crippen molar-refractivity contribution in [2.45, 2.75) is 25.7 Å². The molecular formula is C20H17F2NO3. The molecule has 0 spiro atoms. The van der Waals surface area contributed by atoms with Crippen molar-refractivity contribution >= 4 is 22.7 Å². The Kier molecular flexibility index (Phi) is 4.84. The lowest BCUT2D eigenvalue weighted by molar-refractivity contribution is -0.138. The predicted octanol–water partition coefficient (Wildman–Crippen LogP) is 4.45. The number of benzene rings is 2. The van der Waals surface area contributed by atoms with Crippen LogP contribution in [0.5, 0.6) is 0 Å². The number of nitrogens with one attached hydrogen (secondary N) is 1. The number of fused-ring (bicyclic) bond motifs is 1. The molecule has 1 atom stereocenters. The van der Waals surface area contributed by atoms with Gasteiger partial charge in [-0.05, 0) is 41.8 Å². The third-order valence-corrected chi connectivity index (χ3v) is 4.48. The average Bonchev–Trinajstić information content (AvgIpc) is 3.01. The van der Waals surface area contributed by atoms with Crippen molar-refractivity contribution in [2.24, 2.45) is 0 Å². The minimum absolute atomic E-state index is 0.313. The Bertz CT molecular complexity index is 994. The topological polar surface area (TPSA) is 70.2 Å². The number of Topliss-reactive ketones (excluding diaryl/α,β-unsaturated/α-hetero) is 1. The fraction of sp³-hybridized carbons (Fsp3) is 0.200. The van der Waals surface area contributed by atoms with E-state index < -0.39 is 35.7 Å². The summed E-state index contributed by atoms with van der Waals surface area (Å²) in [5.41, 5.74) is 1.97. The van der Waals surface area contributed by atoms with E-state index in [0.29, 0.717) is 11.6 Å². The van der Waals surface area contributed by atoms with Crippen LogP contribution in [-0.4, -0.2) is 21.8 Å². The lowest BCUT2D eigenvalue weighted by Crippen LogP contribution is -2.17. The largest absolute Gasteiger partial charge is 0.481 e. The number of aromatic nitrogens is 1. The monoisotopic (exact) mass is 357 g/mol. The van der Waals surface area contributed by atoms with Gasteiger partial charge in [-0.15, -0.1) is 0 Å². The molecule has 0 bridgehead atoms. The lowest BCUT2D eigenvalue weighted by atomic mass is 9.90. The van der Waals surface area contributed by atoms with Gasteiger partial charge in [0.1, 0.15) is 11.6 Å². The molecule has 3 aromatic rings. The van der Waals surface area contributed by atoms with Crippen molar-refractivity contribution in [1.82, 2.24) is 4.98 Å². The number of carboxylic acids is 1. The maximum atomic E-state index is 13.8. The smallest absolute Gasteiger partial charge is 0.311 e. The van der Waals surface area contributed by atoms with Crippen molar-refractivity contribution in [3.63, 3.8) is 0 Å². The number of hydrogen-bond acceptors (Lipinski definition) is 2. The molecule has 0 aliphatic rings. The van der Waals surface area contributed by atoms with Gasteiger partial charge in [0.25, 0.3) is 0 Å². The van der Waals surface area contributed by atoms with E-state index in [1.165, 1.54) is 0 Å². The first kappa shape index (κ1) is 17.8. The highest BCUT2D eigenvalue weighted by Gasteiger charge is 2.27. The zero-order chi connectivity index (χ0) is 18.8. The van der Waals surface area contributed by atoms with Gasteiger partial charge < -0.3 is 10.1 Å². The summed E-state index contributed by atoms with van der Waals surface area (Å²) in [4.78, 5) is 27.2. The molecule has 1 unspecified atom stereocenters. The number of aryl methyl sites for hydroxylation is 1. The Balaban J connectivity index is 1.97. The van der Waals surface area contributed by atoms with Gasteiger partial charge in [0.2, 0.25) is 0 Å². The van der Waals surface area contributed by atoms with Gasteiger partial charge in [0.15, 0.2) is 5.78 Å². The number of aliphatic carboxylic acids is 1. The van der Waals surface area contributed by atoms with Crippen LogP contribution in [0.4, 0.5) is 8.78 Å². The molecule has 2 aromatic carbocycles. The van der Waals surface area contributed by atoms with Gasteiger partial charge in [-0.1, -0.05) is 13.0 Å². The minimum Gasteiger partial charge on any atom is -0.481 e. The summed E-state index contributed by atoms with van der Waals surface area (Å²) >= 11 is 0. The van der Waals surface area contributed by atoms with E-state index in [1.807, 2.05) is 25.1 Å². The summed E-state index contributed by atoms with van der Waals surface area (Å²) in [6.45, 7) is 1.99. The Morgan fingerprint density at radius 2 is 1.92 bits per heavy atom. The quantitative estimate of drug-likeness (QED) is 0.640. The summed E-state index contributed by atoms with van der Waals surface area (Å²) in [5.74, 6) is -4.78. The molecule has 3 rings (SSSR count). The summed E-state index contributed by atoms with van der Waals surface area (Å²) in [6.07, 6.45) is 1.94. The number of H-pyrrole nitrogens is 1. The highest BCUT2D eigenvalue weighted by atomic mass is 19.1. The maximum Gasteiger partial charge on any atom is 0.311 e. The first-order chi connectivity index (χ1) is 12.4. The molecule has 134 valence electrons. The Labute approximate surface area is 148 Å². The molecule has 1 aromatic heterocycles. The van der Waals surface area contributed by atoms with Crippen LogP contribution in [0.25, 0.3) is 10.9 Å². The van der Waals surface area contributed by atoms with E-state index in [9.17, 15) is 23.5 Å². The number of rotatable bonds is 6. The number of carboxylic acid groups (broad SMARTS) is 1. The van der Waals surface area contributed by atoms with E-state index in [1.54, 1.807) is 6.20 Å². The molecule has 0 saturated heterocycles. The molecule has 0 amide bonds. The lowest BCUT2D eigenvalue weighted by Gasteiger charge is -2.12. The molecule has 6 heteroatoms. The molecule has 26 heavy (non-hydrogen) atoms. The van der Waals surface area contributed by atoms with Gasteiger partial charge in [-0.2, -0.15) is 0 Å². The van der Waals surface area contributed by atoms with Crippen LogP contribution in [0.3, 0.4) is 0 Å². The molecule has 0 aliphatic carbocycles. The second-order valence-electron chi connectivity index (χ2n) is 6.12. The highest BCUT2D eigenvalue weighted by molar-refractivity contribution is 6.00. The first-order valence-electron chi connectivity index (χ1n) is 8.21. The van der Waals surface area contributed by atoms with Crippen LogP contribution in [0.15, 0.2) is 42.6 Å². The van der Waals surface area contributed by atoms with Crippen molar-refractivity contribution in [3.8, 4) is 0 Å². The number of ketones is 1. The van der Waals surface area contributed by atoms with Gasteiger partial charge >= 0.3 is 5.97 Å². The van der Waals surface area contributed by atoms with E-state index in [0.717, 1.165) is 35.0 Å². The van der Waals surface area contributed by atoms with Gasteiger partial charge in [0, 0.05) is 29.6 Å². The Morgan fingerprint density at radius 3 is 2.58 bits per heavy atom. The van der Waals surface area contributed by atoms with Crippen LogP contribution < -0.4 is 0 Å². The normalized spacial score (nSPS) is 12.3. The number of carbonyl (C=O) groups is 2. The first-order valence-corrected chi connectivity index (χ1v) is 8.21. The number of hydrogen-bond donors (Lipinski definition) is 2. The molecule has 4 nitrogen and oxygen atoms in total. The maximum absolute atomic E-state index is 13.8.